The van der Waals surface area contributed by atoms with Gasteiger partial charge in [-0.05, 0) is 55.5 Å². The summed E-state index contributed by atoms with van der Waals surface area (Å²) in [5, 5.41) is 1.30. The molecule has 0 saturated carbocycles. The van der Waals surface area contributed by atoms with Crippen LogP contribution in [0.2, 0.25) is 10.0 Å². The van der Waals surface area contributed by atoms with Crippen molar-refractivity contribution in [3.05, 3.63) is 33.8 Å². The van der Waals surface area contributed by atoms with Gasteiger partial charge in [0, 0.05) is 6.54 Å². The molecule has 1 aromatic carbocycles. The first-order chi connectivity index (χ1) is 8.56. The molecular formula is C15H21Cl2N. The second-order valence-electron chi connectivity index (χ2n) is 5.61. The zero-order valence-electron chi connectivity index (χ0n) is 11.1. The van der Waals surface area contributed by atoms with Crippen molar-refractivity contribution in [3.63, 3.8) is 0 Å². The van der Waals surface area contributed by atoms with Crippen LogP contribution in [0.5, 0.6) is 0 Å². The van der Waals surface area contributed by atoms with E-state index in [0.717, 1.165) is 18.4 Å². The highest BCUT2D eigenvalue weighted by atomic mass is 35.5. The fraction of sp³-hybridized carbons (Fsp3) is 0.600. The largest absolute Gasteiger partial charge is 0.299 e. The predicted octanol–water partition coefficient (Wildman–Crippen LogP) is 4.86. The van der Waals surface area contributed by atoms with E-state index in [-0.39, 0.29) is 0 Å². The molecule has 0 spiro atoms. The molecule has 1 nitrogen and oxygen atoms in total. The lowest BCUT2D eigenvalue weighted by Gasteiger charge is -2.33. The van der Waals surface area contributed by atoms with Crippen LogP contribution in [0, 0.1) is 11.8 Å². The Hall–Kier alpha value is -0.240. The lowest BCUT2D eigenvalue weighted by molar-refractivity contribution is 0.152. The van der Waals surface area contributed by atoms with E-state index in [9.17, 15) is 0 Å². The molecule has 2 rings (SSSR count). The smallest absolute Gasteiger partial charge is 0.0595 e. The topological polar surface area (TPSA) is 3.24 Å². The van der Waals surface area contributed by atoms with Crippen LogP contribution in [0.3, 0.4) is 0 Å². The van der Waals surface area contributed by atoms with Gasteiger partial charge >= 0.3 is 0 Å². The van der Waals surface area contributed by atoms with Gasteiger partial charge in [0.2, 0.25) is 0 Å². The first-order valence-corrected chi connectivity index (χ1v) is 7.48. The molecule has 1 fully saturated rings. The van der Waals surface area contributed by atoms with Gasteiger partial charge in [0.1, 0.15) is 0 Å². The number of piperidine rings is 1. The van der Waals surface area contributed by atoms with Crippen LogP contribution < -0.4 is 0 Å². The molecule has 0 aliphatic carbocycles. The predicted molar refractivity (Wildman–Crippen MR) is 79.3 cm³/mol. The third kappa shape index (κ3) is 3.63. The average molecular weight is 286 g/mol. The molecule has 0 radical (unpaired) electrons. The maximum atomic E-state index is 6.05. The van der Waals surface area contributed by atoms with E-state index in [0.29, 0.717) is 10.0 Å². The first-order valence-electron chi connectivity index (χ1n) is 6.72. The Morgan fingerprint density at radius 1 is 1.17 bits per heavy atom. The van der Waals surface area contributed by atoms with Gasteiger partial charge < -0.3 is 0 Å². The average Bonchev–Trinajstić information content (AvgIpc) is 2.34. The lowest BCUT2D eigenvalue weighted by Crippen LogP contribution is -2.34. The molecule has 1 saturated heterocycles. The molecule has 1 heterocycles. The van der Waals surface area contributed by atoms with E-state index in [4.69, 9.17) is 23.2 Å². The van der Waals surface area contributed by atoms with E-state index in [1.807, 2.05) is 12.1 Å². The minimum absolute atomic E-state index is 0.638. The standard InChI is InChI=1S/C15H21Cl2N/c1-11(2)13-5-7-18(8-6-13)10-12-3-4-14(16)15(17)9-12/h3-4,9,11,13H,5-8,10H2,1-2H3. The highest BCUT2D eigenvalue weighted by Gasteiger charge is 2.21. The molecule has 18 heavy (non-hydrogen) atoms. The molecule has 3 heteroatoms. The Labute approximate surface area is 120 Å². The summed E-state index contributed by atoms with van der Waals surface area (Å²) in [6.45, 7) is 8.05. The summed E-state index contributed by atoms with van der Waals surface area (Å²) in [5.74, 6) is 1.71. The number of benzene rings is 1. The van der Waals surface area contributed by atoms with Gasteiger partial charge in [-0.2, -0.15) is 0 Å². The van der Waals surface area contributed by atoms with Crippen LogP contribution >= 0.6 is 23.2 Å². The van der Waals surface area contributed by atoms with Crippen molar-refractivity contribution in [2.45, 2.75) is 33.2 Å². The minimum Gasteiger partial charge on any atom is -0.299 e. The van der Waals surface area contributed by atoms with Crippen LogP contribution in [-0.2, 0) is 6.54 Å². The molecule has 1 aliphatic rings. The maximum Gasteiger partial charge on any atom is 0.0595 e. The van der Waals surface area contributed by atoms with Gasteiger partial charge in [0.25, 0.3) is 0 Å². The van der Waals surface area contributed by atoms with Gasteiger partial charge in [0.05, 0.1) is 10.0 Å². The van der Waals surface area contributed by atoms with Crippen molar-refractivity contribution in [1.82, 2.24) is 4.90 Å². The Morgan fingerprint density at radius 3 is 2.39 bits per heavy atom. The fourth-order valence-corrected chi connectivity index (χ4v) is 2.99. The molecule has 0 N–H and O–H groups in total. The Bertz CT molecular complexity index is 395. The van der Waals surface area contributed by atoms with Crippen LogP contribution in [0.1, 0.15) is 32.3 Å². The highest BCUT2D eigenvalue weighted by molar-refractivity contribution is 6.42. The van der Waals surface area contributed by atoms with Gasteiger partial charge in [-0.3, -0.25) is 4.90 Å². The molecule has 0 amide bonds. The Kier molecular flexibility index (Phi) is 4.94. The van der Waals surface area contributed by atoms with E-state index < -0.39 is 0 Å². The molecule has 1 aliphatic heterocycles. The van der Waals surface area contributed by atoms with Gasteiger partial charge in [0.15, 0.2) is 0 Å². The number of halogens is 2. The lowest BCUT2D eigenvalue weighted by atomic mass is 9.86. The summed E-state index contributed by atoms with van der Waals surface area (Å²) < 4.78 is 0. The van der Waals surface area contributed by atoms with Crippen molar-refractivity contribution in [2.24, 2.45) is 11.8 Å². The Morgan fingerprint density at radius 2 is 1.83 bits per heavy atom. The third-order valence-corrected chi connectivity index (χ3v) is 4.70. The Balaban J connectivity index is 1.89. The van der Waals surface area contributed by atoms with Crippen molar-refractivity contribution in [3.8, 4) is 0 Å². The number of hydrogen-bond donors (Lipinski definition) is 0. The van der Waals surface area contributed by atoms with Gasteiger partial charge in [-0.15, -0.1) is 0 Å². The third-order valence-electron chi connectivity index (χ3n) is 3.97. The molecule has 0 atom stereocenters. The molecule has 1 aromatic rings. The van der Waals surface area contributed by atoms with Crippen molar-refractivity contribution in [2.75, 3.05) is 13.1 Å². The van der Waals surface area contributed by atoms with Crippen LogP contribution in [0.15, 0.2) is 18.2 Å². The SMILES string of the molecule is CC(C)C1CCN(Cc2ccc(Cl)c(Cl)c2)CC1. The van der Waals surface area contributed by atoms with Crippen molar-refractivity contribution >= 4 is 23.2 Å². The number of likely N-dealkylation sites (tertiary alicyclic amines) is 1. The summed E-state index contributed by atoms with van der Waals surface area (Å²) in [7, 11) is 0. The fourth-order valence-electron chi connectivity index (χ4n) is 2.67. The first kappa shape index (κ1) is 14.2. The summed E-state index contributed by atoms with van der Waals surface area (Å²) in [5.41, 5.74) is 1.26. The molecular weight excluding hydrogens is 265 g/mol. The monoisotopic (exact) mass is 285 g/mol. The van der Waals surface area contributed by atoms with E-state index in [1.54, 1.807) is 0 Å². The van der Waals surface area contributed by atoms with Crippen molar-refractivity contribution < 1.29 is 0 Å². The van der Waals surface area contributed by atoms with E-state index in [1.165, 1.54) is 31.5 Å². The number of rotatable bonds is 3. The molecule has 0 aromatic heterocycles. The van der Waals surface area contributed by atoms with Crippen molar-refractivity contribution in [1.29, 1.82) is 0 Å². The normalized spacial score (nSPS) is 18.5. The quantitative estimate of drug-likeness (QED) is 0.767. The molecule has 100 valence electrons. The second-order valence-corrected chi connectivity index (χ2v) is 6.42. The molecule has 0 bridgehead atoms. The second kappa shape index (κ2) is 6.27. The number of hydrogen-bond acceptors (Lipinski definition) is 1. The summed E-state index contributed by atoms with van der Waals surface area (Å²) in [6, 6.07) is 5.95. The van der Waals surface area contributed by atoms with Gasteiger partial charge in [-0.1, -0.05) is 43.1 Å². The number of nitrogens with zero attached hydrogens (tertiary/aromatic N) is 1. The van der Waals surface area contributed by atoms with Crippen LogP contribution in [0.25, 0.3) is 0 Å². The summed E-state index contributed by atoms with van der Waals surface area (Å²) in [6.07, 6.45) is 2.64. The van der Waals surface area contributed by atoms with Crippen LogP contribution in [0.4, 0.5) is 0 Å². The minimum atomic E-state index is 0.638. The van der Waals surface area contributed by atoms with Gasteiger partial charge in [-0.25, -0.2) is 0 Å². The van der Waals surface area contributed by atoms with Crippen LogP contribution in [-0.4, -0.2) is 18.0 Å². The molecule has 0 unspecified atom stereocenters. The van der Waals surface area contributed by atoms with E-state index >= 15 is 0 Å². The summed E-state index contributed by atoms with van der Waals surface area (Å²) in [4.78, 5) is 2.51. The van der Waals surface area contributed by atoms with E-state index in [2.05, 4.69) is 24.8 Å². The summed E-state index contributed by atoms with van der Waals surface area (Å²) >= 11 is 12.0. The zero-order chi connectivity index (χ0) is 13.1. The zero-order valence-corrected chi connectivity index (χ0v) is 12.6. The highest BCUT2D eigenvalue weighted by Crippen LogP contribution is 2.27. The maximum absolute atomic E-state index is 6.05.